The zero-order chi connectivity index (χ0) is 25.2. The van der Waals surface area contributed by atoms with Gasteiger partial charge in [0.05, 0.1) is 18.0 Å². The Kier molecular flexibility index (Phi) is 5.74. The molecule has 1 saturated heterocycles. The first kappa shape index (κ1) is 23.6. The van der Waals surface area contributed by atoms with Crippen LogP contribution in [0.5, 0.6) is 11.5 Å². The van der Waals surface area contributed by atoms with Gasteiger partial charge in [0.25, 0.3) is 0 Å². The molecule has 2 aliphatic rings. The van der Waals surface area contributed by atoms with E-state index in [4.69, 9.17) is 10.5 Å². The number of Topliss-reactive ketones (excluding diaryl/α,β-unsaturated/α-hetero) is 1. The van der Waals surface area contributed by atoms with E-state index in [2.05, 4.69) is 0 Å². The average molecular weight is 502 g/mol. The minimum Gasteiger partial charge on any atom is -0.505 e. The van der Waals surface area contributed by atoms with E-state index in [1.54, 1.807) is 0 Å². The molecule has 2 aromatic heterocycles. The molecule has 186 valence electrons. The van der Waals surface area contributed by atoms with Gasteiger partial charge in [-0.25, -0.2) is 4.39 Å². The third-order valence-corrected chi connectivity index (χ3v) is 8.56. The van der Waals surface area contributed by atoms with Crippen LogP contribution in [-0.2, 0) is 4.79 Å². The van der Waals surface area contributed by atoms with Crippen molar-refractivity contribution in [1.82, 2.24) is 4.57 Å². The molecule has 1 aromatic carbocycles. The van der Waals surface area contributed by atoms with Crippen LogP contribution in [0.25, 0.3) is 21.1 Å². The van der Waals surface area contributed by atoms with Crippen molar-refractivity contribution in [2.24, 2.45) is 17.6 Å². The molecule has 2 fully saturated rings. The number of rotatable bonds is 7. The van der Waals surface area contributed by atoms with E-state index in [0.717, 1.165) is 30.6 Å². The molecule has 3 N–H and O–H groups in total. The largest absolute Gasteiger partial charge is 0.505 e. The Morgan fingerprint density at radius 2 is 2.06 bits per heavy atom. The summed E-state index contributed by atoms with van der Waals surface area (Å²) in [6, 6.07) is 1.28. The fraction of sp³-hybridized carbons (Fsp3) is 0.480. The summed E-state index contributed by atoms with van der Waals surface area (Å²) in [6.07, 6.45) is 2.79. The summed E-state index contributed by atoms with van der Waals surface area (Å²) >= 11 is 1.08. The third-order valence-electron chi connectivity index (χ3n) is 7.28. The molecule has 3 heterocycles. The van der Waals surface area contributed by atoms with Crippen molar-refractivity contribution in [2.75, 3.05) is 25.1 Å². The number of amides is 1. The van der Waals surface area contributed by atoms with E-state index in [-0.39, 0.29) is 68.8 Å². The molecular weight excluding hydrogens is 473 g/mol. The summed E-state index contributed by atoms with van der Waals surface area (Å²) in [5.41, 5.74) is 5.62. The first-order chi connectivity index (χ1) is 16.6. The number of nitrogens with two attached hydrogens (primary N) is 1. The molecule has 1 aliphatic heterocycles. The minimum atomic E-state index is -0.585. The fourth-order valence-corrected chi connectivity index (χ4v) is 6.55. The number of primary amides is 1. The van der Waals surface area contributed by atoms with Gasteiger partial charge >= 0.3 is 0 Å². The van der Waals surface area contributed by atoms with E-state index < -0.39 is 11.2 Å². The van der Waals surface area contributed by atoms with Gasteiger partial charge in [-0.05, 0) is 37.2 Å². The smallest absolute Gasteiger partial charge is 0.217 e. The molecule has 5 rings (SSSR count). The lowest BCUT2D eigenvalue weighted by molar-refractivity contribution is -0.119. The normalized spacial score (nSPS) is 19.0. The molecule has 2 atom stereocenters. The maximum atomic E-state index is 15.7. The Hall–Kier alpha value is -3.14. The number of methoxy groups -OCH3 is 1. The maximum absolute atomic E-state index is 15.7. The summed E-state index contributed by atoms with van der Waals surface area (Å²) in [5, 5.41) is 10.9. The van der Waals surface area contributed by atoms with Gasteiger partial charge in [-0.1, -0.05) is 6.92 Å². The lowest BCUT2D eigenvalue weighted by Gasteiger charge is -2.25. The van der Waals surface area contributed by atoms with Crippen LogP contribution in [0.15, 0.2) is 10.9 Å². The summed E-state index contributed by atoms with van der Waals surface area (Å²) in [4.78, 5) is 39.5. The Balaban J connectivity index is 1.74. The Morgan fingerprint density at radius 1 is 1.34 bits per heavy atom. The summed E-state index contributed by atoms with van der Waals surface area (Å²) in [7, 11) is 1.46. The highest BCUT2D eigenvalue weighted by Gasteiger charge is 2.36. The zero-order valence-corrected chi connectivity index (χ0v) is 20.7. The number of benzene rings is 1. The SMILES string of the molecule is COc1c(N2CC[C@H]([C@@H](C)CC(N)=O)C2)c(F)cc2c(=O)c3c(O)c(C(C)=O)sc3n(C3CC3)c12. The summed E-state index contributed by atoms with van der Waals surface area (Å²) in [5.74, 6) is -1.11. The molecule has 0 bridgehead atoms. The van der Waals surface area contributed by atoms with E-state index in [1.807, 2.05) is 16.4 Å². The average Bonchev–Trinajstić information content (AvgIpc) is 3.39. The number of anilines is 1. The molecule has 0 spiro atoms. The lowest BCUT2D eigenvalue weighted by Crippen LogP contribution is -2.26. The Bertz CT molecular complexity index is 1440. The molecule has 8 nitrogen and oxygen atoms in total. The van der Waals surface area contributed by atoms with Gasteiger partial charge in [0.1, 0.15) is 20.8 Å². The van der Waals surface area contributed by atoms with Gasteiger partial charge in [-0.15, -0.1) is 11.3 Å². The predicted molar refractivity (Wildman–Crippen MR) is 133 cm³/mol. The second-order valence-corrected chi connectivity index (χ2v) is 10.7. The van der Waals surface area contributed by atoms with Crippen LogP contribution in [0.1, 0.15) is 55.2 Å². The predicted octanol–water partition coefficient (Wildman–Crippen LogP) is 3.94. The Labute approximate surface area is 205 Å². The van der Waals surface area contributed by atoms with Crippen LogP contribution >= 0.6 is 11.3 Å². The number of hydrogen-bond acceptors (Lipinski definition) is 7. The quantitative estimate of drug-likeness (QED) is 0.474. The van der Waals surface area contributed by atoms with Crippen LogP contribution in [0, 0.1) is 17.7 Å². The topological polar surface area (TPSA) is 115 Å². The molecule has 1 amide bonds. The lowest BCUT2D eigenvalue weighted by atomic mass is 9.90. The summed E-state index contributed by atoms with van der Waals surface area (Å²) in [6.45, 7) is 4.44. The van der Waals surface area contributed by atoms with E-state index in [0.29, 0.717) is 23.4 Å². The standard InChI is InChI=1S/C25H28FN3O5S/c1-11(8-17(27)31)13-6-7-28(10-13)20-16(26)9-15-19(23(20)34-3)29(14-4-5-14)25-18(21(15)32)22(33)24(35-25)12(2)30/h9,11,13-14,33H,4-8,10H2,1-3H3,(H2,27,31)/t11-,13-/m0/s1. The van der Waals surface area contributed by atoms with Crippen molar-refractivity contribution in [3.05, 3.63) is 27.0 Å². The first-order valence-corrected chi connectivity index (χ1v) is 12.6. The van der Waals surface area contributed by atoms with Crippen LogP contribution in [0.3, 0.4) is 0 Å². The number of aromatic hydroxyl groups is 1. The maximum Gasteiger partial charge on any atom is 0.217 e. The molecular formula is C25H28FN3O5S. The number of ether oxygens (including phenoxy) is 1. The van der Waals surface area contributed by atoms with E-state index in [9.17, 15) is 19.5 Å². The number of hydrogen-bond donors (Lipinski definition) is 2. The van der Waals surface area contributed by atoms with Gasteiger partial charge in [0.15, 0.2) is 23.1 Å². The third kappa shape index (κ3) is 3.74. The van der Waals surface area contributed by atoms with Crippen molar-refractivity contribution in [1.29, 1.82) is 0 Å². The highest BCUT2D eigenvalue weighted by atomic mass is 32.1. The second-order valence-electron chi connectivity index (χ2n) is 9.73. The van der Waals surface area contributed by atoms with Crippen molar-refractivity contribution >= 4 is 49.8 Å². The number of carbonyl (C=O) groups excluding carboxylic acids is 2. The summed E-state index contributed by atoms with van der Waals surface area (Å²) < 4.78 is 23.4. The van der Waals surface area contributed by atoms with Crippen molar-refractivity contribution < 1.29 is 23.8 Å². The number of ketones is 1. The number of thiophene rings is 1. The molecule has 10 heteroatoms. The van der Waals surface area contributed by atoms with E-state index >= 15 is 4.39 Å². The van der Waals surface area contributed by atoms with Crippen molar-refractivity contribution in [3.63, 3.8) is 0 Å². The number of nitrogens with zero attached hydrogens (tertiary/aromatic N) is 2. The number of aromatic nitrogens is 1. The van der Waals surface area contributed by atoms with Crippen LogP contribution < -0.4 is 20.8 Å². The molecule has 0 unspecified atom stereocenters. The van der Waals surface area contributed by atoms with Gasteiger partial charge in [0, 0.05) is 32.5 Å². The number of pyridine rings is 1. The molecule has 1 saturated carbocycles. The molecule has 35 heavy (non-hydrogen) atoms. The van der Waals surface area contributed by atoms with E-state index in [1.165, 1.54) is 20.1 Å². The van der Waals surface area contributed by atoms with Crippen molar-refractivity contribution in [3.8, 4) is 11.5 Å². The Morgan fingerprint density at radius 3 is 2.66 bits per heavy atom. The van der Waals surface area contributed by atoms with Crippen LogP contribution in [0.2, 0.25) is 0 Å². The monoisotopic (exact) mass is 501 g/mol. The van der Waals surface area contributed by atoms with Gasteiger partial charge < -0.3 is 25.0 Å². The second kappa shape index (κ2) is 8.51. The zero-order valence-electron chi connectivity index (χ0n) is 19.9. The molecule has 1 aliphatic carbocycles. The van der Waals surface area contributed by atoms with Gasteiger partial charge in [-0.2, -0.15) is 0 Å². The van der Waals surface area contributed by atoms with Crippen LogP contribution in [0.4, 0.5) is 10.1 Å². The number of halogens is 1. The minimum absolute atomic E-state index is 0.0512. The number of carbonyl (C=O) groups is 2. The highest BCUT2D eigenvalue weighted by molar-refractivity contribution is 7.21. The fourth-order valence-electron chi connectivity index (χ4n) is 5.39. The first-order valence-electron chi connectivity index (χ1n) is 11.8. The number of fused-ring (bicyclic) bond motifs is 2. The van der Waals surface area contributed by atoms with Crippen LogP contribution in [-0.4, -0.2) is 41.6 Å². The van der Waals surface area contributed by atoms with Gasteiger partial charge in [-0.3, -0.25) is 14.4 Å². The van der Waals surface area contributed by atoms with Gasteiger partial charge in [0.2, 0.25) is 11.3 Å². The highest BCUT2D eigenvalue weighted by Crippen LogP contribution is 2.49. The molecule has 3 aromatic rings. The molecule has 0 radical (unpaired) electrons. The van der Waals surface area contributed by atoms with Crippen molar-refractivity contribution in [2.45, 2.75) is 45.6 Å².